The fourth-order valence-electron chi connectivity index (χ4n) is 2.83. The lowest BCUT2D eigenvalue weighted by molar-refractivity contribution is -0.121. The summed E-state index contributed by atoms with van der Waals surface area (Å²) in [5.41, 5.74) is 1.81. The van der Waals surface area contributed by atoms with E-state index in [4.69, 9.17) is 9.15 Å². The van der Waals surface area contributed by atoms with Crippen LogP contribution >= 0.6 is 0 Å². The molecule has 27 heavy (non-hydrogen) atoms. The van der Waals surface area contributed by atoms with Gasteiger partial charge < -0.3 is 19.4 Å². The molecule has 3 aromatic rings. The molecule has 0 saturated carbocycles. The Morgan fingerprint density at radius 2 is 1.96 bits per heavy atom. The summed E-state index contributed by atoms with van der Waals surface area (Å²) in [6.07, 6.45) is 1.42. The molecule has 0 radical (unpaired) electrons. The molecule has 136 valence electrons. The first-order valence-corrected chi connectivity index (χ1v) is 8.27. The van der Waals surface area contributed by atoms with E-state index in [1.807, 2.05) is 0 Å². The van der Waals surface area contributed by atoms with Gasteiger partial charge in [0.15, 0.2) is 12.4 Å². The molecule has 0 atom stereocenters. The van der Waals surface area contributed by atoms with E-state index < -0.39 is 5.91 Å². The van der Waals surface area contributed by atoms with Gasteiger partial charge in [-0.15, -0.1) is 0 Å². The molecule has 0 bridgehead atoms. The first-order chi connectivity index (χ1) is 13.1. The lowest BCUT2D eigenvalue weighted by Gasteiger charge is -2.30. The number of hydrogen-bond donors (Lipinski definition) is 1. The van der Waals surface area contributed by atoms with Crippen molar-refractivity contribution in [2.24, 2.45) is 0 Å². The van der Waals surface area contributed by atoms with Crippen LogP contribution in [-0.4, -0.2) is 18.4 Å². The maximum Gasteiger partial charge on any atom is 0.291 e. The molecule has 1 aliphatic rings. The molecule has 2 amide bonds. The number of nitrogens with zero attached hydrogens (tertiary/aromatic N) is 1. The maximum atomic E-state index is 13.1. The summed E-state index contributed by atoms with van der Waals surface area (Å²) in [6.45, 7) is 0.192. The van der Waals surface area contributed by atoms with Gasteiger partial charge in [0.1, 0.15) is 11.6 Å². The van der Waals surface area contributed by atoms with Gasteiger partial charge in [0.2, 0.25) is 0 Å². The zero-order valence-electron chi connectivity index (χ0n) is 14.1. The molecule has 0 aliphatic carbocycles. The van der Waals surface area contributed by atoms with Crippen molar-refractivity contribution in [1.82, 2.24) is 0 Å². The van der Waals surface area contributed by atoms with Gasteiger partial charge in [-0.05, 0) is 48.0 Å². The Morgan fingerprint density at radius 3 is 2.70 bits per heavy atom. The Kier molecular flexibility index (Phi) is 4.33. The van der Waals surface area contributed by atoms with Crippen LogP contribution in [0, 0.1) is 5.82 Å². The molecule has 2 aromatic carbocycles. The van der Waals surface area contributed by atoms with Crippen molar-refractivity contribution in [3.63, 3.8) is 0 Å². The van der Waals surface area contributed by atoms with E-state index >= 15 is 0 Å². The predicted molar refractivity (Wildman–Crippen MR) is 96.2 cm³/mol. The predicted octanol–water partition coefficient (Wildman–Crippen LogP) is 3.60. The van der Waals surface area contributed by atoms with Crippen LogP contribution in [0.25, 0.3) is 0 Å². The molecular formula is C20H15FN2O4. The van der Waals surface area contributed by atoms with Crippen molar-refractivity contribution in [2.75, 3.05) is 16.8 Å². The van der Waals surface area contributed by atoms with Crippen LogP contribution in [0.4, 0.5) is 15.8 Å². The van der Waals surface area contributed by atoms with Crippen molar-refractivity contribution in [3.05, 3.63) is 78.0 Å². The third-order valence-corrected chi connectivity index (χ3v) is 4.16. The molecule has 0 fully saturated rings. The number of halogens is 1. The summed E-state index contributed by atoms with van der Waals surface area (Å²) in [5, 5.41) is 2.73. The van der Waals surface area contributed by atoms with Crippen molar-refractivity contribution in [2.45, 2.75) is 6.54 Å². The van der Waals surface area contributed by atoms with Crippen molar-refractivity contribution in [3.8, 4) is 5.75 Å². The van der Waals surface area contributed by atoms with Gasteiger partial charge in [0.25, 0.3) is 11.8 Å². The molecule has 0 unspecified atom stereocenters. The smallest absolute Gasteiger partial charge is 0.291 e. The van der Waals surface area contributed by atoms with Crippen molar-refractivity contribution < 1.29 is 23.1 Å². The lowest BCUT2D eigenvalue weighted by atomic mass is 10.1. The summed E-state index contributed by atoms with van der Waals surface area (Å²) in [7, 11) is 0. The molecule has 1 aromatic heterocycles. The molecule has 7 heteroatoms. The third kappa shape index (κ3) is 3.52. The number of hydrogen-bond acceptors (Lipinski definition) is 4. The van der Waals surface area contributed by atoms with Gasteiger partial charge in [-0.3, -0.25) is 9.59 Å². The number of carbonyl (C=O) groups is 2. The maximum absolute atomic E-state index is 13.1. The van der Waals surface area contributed by atoms with E-state index in [2.05, 4.69) is 5.32 Å². The first-order valence-electron chi connectivity index (χ1n) is 8.27. The van der Waals surface area contributed by atoms with Crippen molar-refractivity contribution >= 4 is 23.2 Å². The Morgan fingerprint density at radius 1 is 1.15 bits per heavy atom. The largest absolute Gasteiger partial charge is 0.482 e. The molecule has 0 spiro atoms. The minimum atomic E-state index is -0.395. The number of rotatable bonds is 4. The average molecular weight is 366 g/mol. The summed E-state index contributed by atoms with van der Waals surface area (Å²) >= 11 is 0. The second-order valence-electron chi connectivity index (χ2n) is 6.01. The van der Waals surface area contributed by atoms with Crippen LogP contribution in [0.1, 0.15) is 16.1 Å². The summed E-state index contributed by atoms with van der Waals surface area (Å²) < 4.78 is 23.7. The normalized spacial score (nSPS) is 13.1. The number of carbonyl (C=O) groups excluding carboxylic acids is 2. The van der Waals surface area contributed by atoms with Gasteiger partial charge in [0, 0.05) is 5.69 Å². The highest BCUT2D eigenvalue weighted by molar-refractivity contribution is 6.03. The number of fused-ring (bicyclic) bond motifs is 1. The highest BCUT2D eigenvalue weighted by Gasteiger charge is 2.26. The number of anilines is 2. The summed E-state index contributed by atoms with van der Waals surface area (Å²) in [6, 6.07) is 14.2. The molecule has 1 N–H and O–H groups in total. The Labute approximate surface area is 154 Å². The minimum Gasteiger partial charge on any atom is -0.482 e. The van der Waals surface area contributed by atoms with Crippen LogP contribution in [0.2, 0.25) is 0 Å². The molecular weight excluding hydrogens is 351 g/mol. The topological polar surface area (TPSA) is 71.8 Å². The van der Waals surface area contributed by atoms with E-state index in [9.17, 15) is 14.0 Å². The van der Waals surface area contributed by atoms with E-state index in [1.54, 1.807) is 47.4 Å². The van der Waals surface area contributed by atoms with E-state index in [0.717, 1.165) is 5.56 Å². The molecule has 2 heterocycles. The first kappa shape index (κ1) is 16.8. The van der Waals surface area contributed by atoms with E-state index in [0.29, 0.717) is 17.1 Å². The molecule has 1 aliphatic heterocycles. The highest BCUT2D eigenvalue weighted by Crippen LogP contribution is 2.35. The van der Waals surface area contributed by atoms with Gasteiger partial charge >= 0.3 is 0 Å². The lowest BCUT2D eigenvalue weighted by Crippen LogP contribution is -2.38. The SMILES string of the molecule is O=C(Nc1ccc2c(c1)N(Cc1ccc(F)cc1)C(=O)CO2)c1ccco1. The van der Waals surface area contributed by atoms with E-state index in [-0.39, 0.29) is 30.6 Å². The number of amides is 2. The van der Waals surface area contributed by atoms with E-state index in [1.165, 1.54) is 18.4 Å². The number of ether oxygens (including phenoxy) is 1. The van der Waals surface area contributed by atoms with Crippen LogP contribution in [0.3, 0.4) is 0 Å². The quantitative estimate of drug-likeness (QED) is 0.766. The Balaban J connectivity index is 1.61. The van der Waals surface area contributed by atoms with Crippen LogP contribution in [-0.2, 0) is 11.3 Å². The second kappa shape index (κ2) is 6.95. The van der Waals surface area contributed by atoms with Gasteiger partial charge in [0.05, 0.1) is 18.5 Å². The average Bonchev–Trinajstić information content (AvgIpc) is 3.21. The minimum absolute atomic E-state index is 0.0771. The fourth-order valence-corrected chi connectivity index (χ4v) is 2.83. The monoisotopic (exact) mass is 366 g/mol. The molecule has 4 rings (SSSR count). The van der Waals surface area contributed by atoms with Crippen LogP contribution < -0.4 is 15.0 Å². The van der Waals surface area contributed by atoms with Crippen LogP contribution in [0.5, 0.6) is 5.75 Å². The molecule has 0 saturated heterocycles. The highest BCUT2D eigenvalue weighted by atomic mass is 19.1. The number of benzene rings is 2. The zero-order chi connectivity index (χ0) is 18.8. The van der Waals surface area contributed by atoms with Gasteiger partial charge in [-0.2, -0.15) is 0 Å². The fraction of sp³-hybridized carbons (Fsp3) is 0.100. The zero-order valence-corrected chi connectivity index (χ0v) is 14.1. The van der Waals surface area contributed by atoms with Crippen molar-refractivity contribution in [1.29, 1.82) is 0 Å². The molecule has 6 nitrogen and oxygen atoms in total. The summed E-state index contributed by atoms with van der Waals surface area (Å²) in [4.78, 5) is 26.1. The van der Waals surface area contributed by atoms with Gasteiger partial charge in [-0.25, -0.2) is 4.39 Å². The third-order valence-electron chi connectivity index (χ3n) is 4.16. The Bertz CT molecular complexity index is 984. The van der Waals surface area contributed by atoms with Gasteiger partial charge in [-0.1, -0.05) is 12.1 Å². The number of furan rings is 1. The van der Waals surface area contributed by atoms with Crippen LogP contribution in [0.15, 0.2) is 65.3 Å². The number of nitrogens with one attached hydrogen (secondary N) is 1. The summed E-state index contributed by atoms with van der Waals surface area (Å²) in [5.74, 6) is -0.235. The Hall–Kier alpha value is -3.61. The standard InChI is InChI=1S/C20H15FN2O4/c21-14-5-3-13(4-6-14)11-23-16-10-15(7-8-17(16)27-12-19(23)24)22-20(25)18-2-1-9-26-18/h1-10H,11-12H2,(H,22,25). The second-order valence-corrected chi connectivity index (χ2v) is 6.01.